The molecule has 0 amide bonds. The second kappa shape index (κ2) is 4.64. The molecule has 4 aromatic rings. The number of hydrogen-bond acceptors (Lipinski definition) is 1. The van der Waals surface area contributed by atoms with Gasteiger partial charge in [-0.1, -0.05) is 47.5 Å². The van der Waals surface area contributed by atoms with E-state index in [4.69, 9.17) is 16.0 Å². The number of hydrogen-bond donors (Lipinski definition) is 0. The average molecular weight is 293 g/mol. The Morgan fingerprint density at radius 3 is 2.29 bits per heavy atom. The zero-order valence-electron chi connectivity index (χ0n) is 11.6. The fourth-order valence-electron chi connectivity index (χ4n) is 2.68. The largest absolute Gasteiger partial charge is 0.456 e. The van der Waals surface area contributed by atoms with Gasteiger partial charge in [-0.25, -0.2) is 0 Å². The molecular formula is C19H13ClO. The van der Waals surface area contributed by atoms with E-state index in [0.29, 0.717) is 0 Å². The third-order valence-electron chi connectivity index (χ3n) is 3.82. The van der Waals surface area contributed by atoms with Gasteiger partial charge < -0.3 is 4.42 Å². The molecule has 0 saturated heterocycles. The van der Waals surface area contributed by atoms with Gasteiger partial charge in [-0.15, -0.1) is 0 Å². The summed E-state index contributed by atoms with van der Waals surface area (Å²) in [5, 5.41) is 2.89. The lowest BCUT2D eigenvalue weighted by molar-refractivity contribution is 0.669. The fraction of sp³-hybridized carbons (Fsp3) is 0.0526. The first kappa shape index (κ1) is 12.5. The quantitative estimate of drug-likeness (QED) is 0.406. The van der Waals surface area contributed by atoms with E-state index in [0.717, 1.165) is 32.5 Å². The molecule has 0 aliphatic heterocycles. The molecule has 0 radical (unpaired) electrons. The summed E-state index contributed by atoms with van der Waals surface area (Å²) in [5.41, 5.74) is 5.38. The molecule has 0 fully saturated rings. The van der Waals surface area contributed by atoms with Crippen molar-refractivity contribution < 1.29 is 4.42 Å². The number of furan rings is 1. The molecule has 0 spiro atoms. The van der Waals surface area contributed by atoms with Gasteiger partial charge in [-0.05, 0) is 48.4 Å². The predicted octanol–water partition coefficient (Wildman–Crippen LogP) is 6.21. The van der Waals surface area contributed by atoms with Gasteiger partial charge in [-0.3, -0.25) is 0 Å². The van der Waals surface area contributed by atoms with E-state index in [1.54, 1.807) is 0 Å². The van der Waals surface area contributed by atoms with Crippen molar-refractivity contribution in [3.8, 4) is 11.1 Å². The van der Waals surface area contributed by atoms with Crippen molar-refractivity contribution in [3.63, 3.8) is 0 Å². The van der Waals surface area contributed by atoms with Crippen molar-refractivity contribution in [1.82, 2.24) is 0 Å². The van der Waals surface area contributed by atoms with Crippen molar-refractivity contribution in [3.05, 3.63) is 71.2 Å². The van der Waals surface area contributed by atoms with Gasteiger partial charge in [0.2, 0.25) is 0 Å². The van der Waals surface area contributed by atoms with Crippen LogP contribution in [0, 0.1) is 6.92 Å². The van der Waals surface area contributed by atoms with Crippen LogP contribution in [0.5, 0.6) is 0 Å². The first-order chi connectivity index (χ1) is 10.2. The number of halogens is 1. The Kier molecular flexibility index (Phi) is 2.76. The molecule has 0 aliphatic carbocycles. The maximum Gasteiger partial charge on any atom is 0.136 e. The third kappa shape index (κ3) is 2.10. The van der Waals surface area contributed by atoms with Crippen LogP contribution in [0.15, 0.2) is 65.1 Å². The van der Waals surface area contributed by atoms with Crippen LogP contribution in [0.2, 0.25) is 5.02 Å². The molecule has 2 heteroatoms. The highest BCUT2D eigenvalue weighted by molar-refractivity contribution is 6.31. The van der Waals surface area contributed by atoms with Crippen LogP contribution in [-0.4, -0.2) is 0 Å². The lowest BCUT2D eigenvalue weighted by Gasteiger charge is -2.02. The molecule has 1 nitrogen and oxygen atoms in total. The van der Waals surface area contributed by atoms with E-state index in [1.165, 1.54) is 11.1 Å². The highest BCUT2D eigenvalue weighted by atomic mass is 35.5. The summed E-state index contributed by atoms with van der Waals surface area (Å²) in [5.74, 6) is 0. The Balaban J connectivity index is 1.94. The molecule has 1 aromatic heterocycles. The molecule has 4 rings (SSSR count). The smallest absolute Gasteiger partial charge is 0.136 e. The first-order valence-electron chi connectivity index (χ1n) is 6.89. The van der Waals surface area contributed by atoms with Crippen molar-refractivity contribution in [2.45, 2.75) is 6.92 Å². The van der Waals surface area contributed by atoms with Gasteiger partial charge >= 0.3 is 0 Å². The van der Waals surface area contributed by atoms with Crippen LogP contribution in [0.4, 0.5) is 0 Å². The molecule has 0 aliphatic rings. The van der Waals surface area contributed by atoms with E-state index in [2.05, 4.69) is 49.4 Å². The number of aryl methyl sites for hydroxylation is 1. The van der Waals surface area contributed by atoms with Gasteiger partial charge in [0.25, 0.3) is 0 Å². The van der Waals surface area contributed by atoms with Crippen LogP contribution >= 0.6 is 11.6 Å². The summed E-state index contributed by atoms with van der Waals surface area (Å²) in [6, 6.07) is 20.6. The summed E-state index contributed by atoms with van der Waals surface area (Å²) in [7, 11) is 0. The minimum atomic E-state index is 0.729. The maximum atomic E-state index is 6.08. The van der Waals surface area contributed by atoms with E-state index >= 15 is 0 Å². The molecule has 0 unspecified atom stereocenters. The predicted molar refractivity (Wildman–Crippen MR) is 88.9 cm³/mol. The van der Waals surface area contributed by atoms with Crippen LogP contribution < -0.4 is 0 Å². The van der Waals surface area contributed by atoms with Gasteiger partial charge in [0.05, 0.1) is 0 Å². The Labute approximate surface area is 127 Å². The van der Waals surface area contributed by atoms with Crippen molar-refractivity contribution in [1.29, 1.82) is 0 Å². The van der Waals surface area contributed by atoms with Crippen molar-refractivity contribution >= 4 is 33.5 Å². The summed E-state index contributed by atoms with van der Waals surface area (Å²) in [4.78, 5) is 0. The van der Waals surface area contributed by atoms with Gasteiger partial charge in [-0.2, -0.15) is 0 Å². The third-order valence-corrected chi connectivity index (χ3v) is 4.05. The second-order valence-electron chi connectivity index (χ2n) is 5.32. The van der Waals surface area contributed by atoms with Crippen molar-refractivity contribution in [2.75, 3.05) is 0 Å². The monoisotopic (exact) mass is 292 g/mol. The first-order valence-corrected chi connectivity index (χ1v) is 7.27. The van der Waals surface area contributed by atoms with Gasteiger partial charge in [0.1, 0.15) is 11.2 Å². The fourth-order valence-corrected chi connectivity index (χ4v) is 2.85. The molecule has 0 atom stereocenters. The normalized spacial score (nSPS) is 11.3. The highest BCUT2D eigenvalue weighted by Crippen LogP contribution is 2.33. The van der Waals surface area contributed by atoms with Crippen LogP contribution in [0.3, 0.4) is 0 Å². The SMILES string of the molecule is Cc1ccc(-c2ccc3c(c2)oc2ccc(Cl)cc23)cc1. The standard InChI is InChI=1S/C19H13ClO/c1-12-2-4-13(5-3-12)14-6-8-16-17-11-15(20)7-9-18(17)21-19(16)10-14/h2-11H,1H3. The van der Waals surface area contributed by atoms with Gasteiger partial charge in [0.15, 0.2) is 0 Å². The second-order valence-corrected chi connectivity index (χ2v) is 5.76. The lowest BCUT2D eigenvalue weighted by atomic mass is 10.0. The Morgan fingerprint density at radius 2 is 1.48 bits per heavy atom. The summed E-state index contributed by atoms with van der Waals surface area (Å²) in [6.07, 6.45) is 0. The molecule has 102 valence electrons. The van der Waals surface area contributed by atoms with E-state index < -0.39 is 0 Å². The summed E-state index contributed by atoms with van der Waals surface area (Å²) in [6.45, 7) is 2.09. The van der Waals surface area contributed by atoms with Crippen LogP contribution in [0.25, 0.3) is 33.1 Å². The molecule has 21 heavy (non-hydrogen) atoms. The van der Waals surface area contributed by atoms with E-state index in [-0.39, 0.29) is 0 Å². The minimum Gasteiger partial charge on any atom is -0.456 e. The molecule has 0 bridgehead atoms. The zero-order chi connectivity index (χ0) is 14.4. The highest BCUT2D eigenvalue weighted by Gasteiger charge is 2.08. The van der Waals surface area contributed by atoms with Crippen LogP contribution in [0.1, 0.15) is 5.56 Å². The van der Waals surface area contributed by atoms with E-state index in [1.807, 2.05) is 18.2 Å². The number of rotatable bonds is 1. The zero-order valence-corrected chi connectivity index (χ0v) is 12.3. The molecule has 0 saturated carbocycles. The Morgan fingerprint density at radius 1 is 0.714 bits per heavy atom. The molecular weight excluding hydrogens is 280 g/mol. The van der Waals surface area contributed by atoms with Crippen molar-refractivity contribution in [2.24, 2.45) is 0 Å². The molecule has 1 heterocycles. The summed E-state index contributed by atoms with van der Waals surface area (Å²) >= 11 is 6.08. The Hall–Kier alpha value is -2.25. The topological polar surface area (TPSA) is 13.1 Å². The number of fused-ring (bicyclic) bond motifs is 3. The maximum absolute atomic E-state index is 6.08. The van der Waals surface area contributed by atoms with Gasteiger partial charge in [0, 0.05) is 15.8 Å². The minimum absolute atomic E-state index is 0.729. The Bertz CT molecular complexity index is 949. The number of benzene rings is 3. The molecule has 0 N–H and O–H groups in total. The molecule has 3 aromatic carbocycles. The lowest BCUT2D eigenvalue weighted by Crippen LogP contribution is -1.78. The average Bonchev–Trinajstić information content (AvgIpc) is 2.85. The van der Waals surface area contributed by atoms with E-state index in [9.17, 15) is 0 Å². The van der Waals surface area contributed by atoms with Crippen LogP contribution in [-0.2, 0) is 0 Å². The summed E-state index contributed by atoms with van der Waals surface area (Å²) < 4.78 is 5.93.